The zero-order valence-corrected chi connectivity index (χ0v) is 14.6. The molecule has 1 fully saturated rings. The number of carbonyl (C=O) groups is 2. The summed E-state index contributed by atoms with van der Waals surface area (Å²) in [7, 11) is -3.77. The molecule has 1 aliphatic rings. The Labute approximate surface area is 148 Å². The molecule has 8 nitrogen and oxygen atoms in total. The van der Waals surface area contributed by atoms with Gasteiger partial charge in [-0.25, -0.2) is 22.7 Å². The smallest absolute Gasteiger partial charge is 0.259 e. The van der Waals surface area contributed by atoms with E-state index in [1.807, 2.05) is 0 Å². The SMILES string of the molecule is CC1CS(=O)(=O)N(c2ccc(Cl)c(C(=O)Nc3ncccn3)c2)C1=O. The van der Waals surface area contributed by atoms with Gasteiger partial charge in [0.25, 0.3) is 5.91 Å². The molecule has 2 aromatic rings. The van der Waals surface area contributed by atoms with Gasteiger partial charge in [0, 0.05) is 12.4 Å². The molecule has 1 aliphatic heterocycles. The lowest BCUT2D eigenvalue weighted by Crippen LogP contribution is -2.30. The van der Waals surface area contributed by atoms with E-state index in [9.17, 15) is 18.0 Å². The zero-order chi connectivity index (χ0) is 18.2. The van der Waals surface area contributed by atoms with Crippen LogP contribution in [-0.2, 0) is 14.8 Å². The molecule has 2 heterocycles. The fourth-order valence-electron chi connectivity index (χ4n) is 2.43. The number of hydrogen-bond donors (Lipinski definition) is 1. The van der Waals surface area contributed by atoms with Crippen molar-refractivity contribution in [2.75, 3.05) is 15.4 Å². The second-order valence-corrected chi connectivity index (χ2v) is 7.74. The van der Waals surface area contributed by atoms with Crippen LogP contribution < -0.4 is 9.62 Å². The number of hydrogen-bond acceptors (Lipinski definition) is 6. The third-order valence-electron chi connectivity index (χ3n) is 3.58. The molecule has 1 unspecified atom stereocenters. The van der Waals surface area contributed by atoms with Crippen molar-refractivity contribution in [2.45, 2.75) is 6.92 Å². The van der Waals surface area contributed by atoms with Crippen LogP contribution in [0.2, 0.25) is 5.02 Å². The van der Waals surface area contributed by atoms with Crippen molar-refractivity contribution in [3.8, 4) is 0 Å². The normalized spacial score (nSPS) is 19.0. The lowest BCUT2D eigenvalue weighted by Gasteiger charge is -2.16. The molecule has 1 aromatic carbocycles. The van der Waals surface area contributed by atoms with Crippen molar-refractivity contribution in [1.29, 1.82) is 0 Å². The maximum absolute atomic E-state index is 12.4. The predicted octanol–water partition coefficient (Wildman–Crippen LogP) is 1.69. The minimum Gasteiger partial charge on any atom is -0.290 e. The number of carbonyl (C=O) groups excluding carboxylic acids is 2. The number of halogens is 1. The average Bonchev–Trinajstić information content (AvgIpc) is 2.77. The fraction of sp³-hybridized carbons (Fsp3) is 0.200. The predicted molar refractivity (Wildman–Crippen MR) is 91.9 cm³/mol. The molecule has 0 spiro atoms. The van der Waals surface area contributed by atoms with E-state index in [2.05, 4.69) is 15.3 Å². The Balaban J connectivity index is 1.96. The van der Waals surface area contributed by atoms with E-state index in [0.29, 0.717) is 4.31 Å². The summed E-state index contributed by atoms with van der Waals surface area (Å²) in [5, 5.41) is 2.56. The molecule has 1 aromatic heterocycles. The van der Waals surface area contributed by atoms with E-state index in [4.69, 9.17) is 11.6 Å². The number of sulfonamides is 1. The van der Waals surface area contributed by atoms with Gasteiger partial charge in [-0.3, -0.25) is 14.9 Å². The summed E-state index contributed by atoms with van der Waals surface area (Å²) in [5.41, 5.74) is 0.0760. The van der Waals surface area contributed by atoms with Gasteiger partial charge in [0.15, 0.2) is 0 Å². The Morgan fingerprint density at radius 1 is 1.32 bits per heavy atom. The Morgan fingerprint density at radius 3 is 2.60 bits per heavy atom. The van der Waals surface area contributed by atoms with Crippen LogP contribution in [0.15, 0.2) is 36.7 Å². The number of amides is 2. The minimum atomic E-state index is -3.77. The number of anilines is 2. The number of nitrogens with zero attached hydrogens (tertiary/aromatic N) is 3. The number of benzene rings is 1. The third kappa shape index (κ3) is 3.33. The lowest BCUT2D eigenvalue weighted by molar-refractivity contribution is -0.119. The number of rotatable bonds is 3. The van der Waals surface area contributed by atoms with Gasteiger partial charge < -0.3 is 0 Å². The maximum Gasteiger partial charge on any atom is 0.259 e. The van der Waals surface area contributed by atoms with Crippen molar-refractivity contribution >= 4 is 45.1 Å². The molecule has 130 valence electrons. The van der Waals surface area contributed by atoms with Gasteiger partial charge in [-0.1, -0.05) is 18.5 Å². The molecule has 0 radical (unpaired) electrons. The highest BCUT2D eigenvalue weighted by molar-refractivity contribution is 7.94. The van der Waals surface area contributed by atoms with Crippen LogP contribution in [0.5, 0.6) is 0 Å². The van der Waals surface area contributed by atoms with Gasteiger partial charge >= 0.3 is 0 Å². The number of nitrogens with one attached hydrogen (secondary N) is 1. The van der Waals surface area contributed by atoms with E-state index in [1.165, 1.54) is 37.5 Å². The van der Waals surface area contributed by atoms with Crippen molar-refractivity contribution in [3.63, 3.8) is 0 Å². The average molecular weight is 381 g/mol. The van der Waals surface area contributed by atoms with Crippen molar-refractivity contribution in [3.05, 3.63) is 47.2 Å². The van der Waals surface area contributed by atoms with Crippen LogP contribution in [0.4, 0.5) is 11.6 Å². The summed E-state index contributed by atoms with van der Waals surface area (Å²) in [6, 6.07) is 5.59. The summed E-state index contributed by atoms with van der Waals surface area (Å²) >= 11 is 6.05. The summed E-state index contributed by atoms with van der Waals surface area (Å²) in [4.78, 5) is 32.3. The molecule has 25 heavy (non-hydrogen) atoms. The largest absolute Gasteiger partial charge is 0.290 e. The quantitative estimate of drug-likeness (QED) is 0.867. The highest BCUT2D eigenvalue weighted by atomic mass is 35.5. The van der Waals surface area contributed by atoms with Crippen LogP contribution in [0, 0.1) is 5.92 Å². The molecule has 1 N–H and O–H groups in total. The van der Waals surface area contributed by atoms with E-state index in [-0.39, 0.29) is 28.0 Å². The maximum atomic E-state index is 12.4. The topological polar surface area (TPSA) is 109 Å². The Bertz CT molecular complexity index is 949. The van der Waals surface area contributed by atoms with E-state index >= 15 is 0 Å². The number of aromatic nitrogens is 2. The van der Waals surface area contributed by atoms with Crippen LogP contribution in [0.1, 0.15) is 17.3 Å². The molecule has 1 saturated heterocycles. The zero-order valence-electron chi connectivity index (χ0n) is 13.0. The standard InChI is InChI=1S/C15H13ClN4O4S/c1-9-8-25(23,24)20(14(9)22)10-3-4-12(16)11(7-10)13(21)19-15-17-5-2-6-18-15/h2-7,9H,8H2,1H3,(H,17,18,19,21). The summed E-state index contributed by atoms with van der Waals surface area (Å²) in [6.45, 7) is 1.54. The minimum absolute atomic E-state index is 0.00849. The van der Waals surface area contributed by atoms with Gasteiger partial charge in [-0.2, -0.15) is 0 Å². The first-order valence-electron chi connectivity index (χ1n) is 7.24. The molecular weight excluding hydrogens is 368 g/mol. The van der Waals surface area contributed by atoms with Gasteiger partial charge in [0.05, 0.1) is 27.9 Å². The molecule has 0 bridgehead atoms. The van der Waals surface area contributed by atoms with Crippen LogP contribution >= 0.6 is 11.6 Å². The van der Waals surface area contributed by atoms with Crippen LogP contribution in [-0.4, -0.2) is 36.0 Å². The first-order valence-corrected chi connectivity index (χ1v) is 9.23. The lowest BCUT2D eigenvalue weighted by atomic mass is 10.1. The van der Waals surface area contributed by atoms with E-state index in [0.717, 1.165) is 0 Å². The van der Waals surface area contributed by atoms with Crippen LogP contribution in [0.25, 0.3) is 0 Å². The molecular formula is C15H13ClN4O4S. The van der Waals surface area contributed by atoms with Gasteiger partial charge in [-0.05, 0) is 24.3 Å². The van der Waals surface area contributed by atoms with Crippen LogP contribution in [0.3, 0.4) is 0 Å². The summed E-state index contributed by atoms with van der Waals surface area (Å²) < 4.78 is 25.1. The first kappa shape index (κ1) is 17.3. The van der Waals surface area contributed by atoms with Crippen molar-refractivity contribution in [1.82, 2.24) is 9.97 Å². The Morgan fingerprint density at radius 2 is 2.00 bits per heavy atom. The molecule has 10 heteroatoms. The van der Waals surface area contributed by atoms with E-state index < -0.39 is 27.8 Å². The summed E-state index contributed by atoms with van der Waals surface area (Å²) in [5.74, 6) is -1.99. The second kappa shape index (κ2) is 6.41. The van der Waals surface area contributed by atoms with Crippen molar-refractivity contribution in [2.24, 2.45) is 5.92 Å². The Kier molecular flexibility index (Phi) is 4.44. The highest BCUT2D eigenvalue weighted by Gasteiger charge is 2.42. The first-order chi connectivity index (χ1) is 11.8. The molecule has 0 saturated carbocycles. The van der Waals surface area contributed by atoms with Gasteiger partial charge in [0.2, 0.25) is 21.9 Å². The summed E-state index contributed by atoms with van der Waals surface area (Å²) in [6.07, 6.45) is 2.91. The highest BCUT2D eigenvalue weighted by Crippen LogP contribution is 2.31. The second-order valence-electron chi connectivity index (χ2n) is 5.47. The molecule has 1 atom stereocenters. The monoisotopic (exact) mass is 380 g/mol. The molecule has 3 rings (SSSR count). The van der Waals surface area contributed by atoms with E-state index in [1.54, 1.807) is 6.07 Å². The van der Waals surface area contributed by atoms with Crippen molar-refractivity contribution < 1.29 is 18.0 Å². The molecule has 0 aliphatic carbocycles. The molecule has 2 amide bonds. The van der Waals surface area contributed by atoms with Gasteiger partial charge in [0.1, 0.15) is 0 Å². The third-order valence-corrected chi connectivity index (χ3v) is 5.78. The Hall–Kier alpha value is -2.52. The fourth-order valence-corrected chi connectivity index (χ4v) is 4.45. The van der Waals surface area contributed by atoms with Gasteiger partial charge in [-0.15, -0.1) is 0 Å².